The summed E-state index contributed by atoms with van der Waals surface area (Å²) in [4.78, 5) is 34.0. The van der Waals surface area contributed by atoms with Gasteiger partial charge in [-0.15, -0.1) is 0 Å². The van der Waals surface area contributed by atoms with Crippen molar-refractivity contribution >= 4 is 32.9 Å². The normalized spacial score (nSPS) is 14.9. The molecule has 0 unspecified atom stereocenters. The highest BCUT2D eigenvalue weighted by molar-refractivity contribution is 7.90. The van der Waals surface area contributed by atoms with Crippen molar-refractivity contribution in [2.24, 2.45) is 0 Å². The van der Waals surface area contributed by atoms with Crippen molar-refractivity contribution in [2.45, 2.75) is 24.2 Å². The van der Waals surface area contributed by atoms with Crippen LogP contribution < -0.4 is 0 Å². The van der Waals surface area contributed by atoms with Gasteiger partial charge in [-0.2, -0.15) is 0 Å². The van der Waals surface area contributed by atoms with Gasteiger partial charge in [-0.3, -0.25) is 14.9 Å². The molecule has 0 bridgehead atoms. The summed E-state index contributed by atoms with van der Waals surface area (Å²) in [6.07, 6.45) is 3.18. The van der Waals surface area contributed by atoms with Gasteiger partial charge in [0.15, 0.2) is 15.6 Å². The van der Waals surface area contributed by atoms with E-state index in [2.05, 4.69) is 4.74 Å². The van der Waals surface area contributed by atoms with Crippen molar-refractivity contribution in [3.8, 4) is 0 Å². The van der Waals surface area contributed by atoms with Crippen molar-refractivity contribution in [2.75, 3.05) is 13.4 Å². The molecule has 0 saturated heterocycles. The number of nitro benzene ring substituents is 1. The quantitative estimate of drug-likeness (QED) is 0.460. The summed E-state index contributed by atoms with van der Waals surface area (Å²) < 4.78 is 28.6. The third-order valence-electron chi connectivity index (χ3n) is 3.65. The van der Waals surface area contributed by atoms with Gasteiger partial charge in [0.25, 0.3) is 5.69 Å². The first-order valence-electron chi connectivity index (χ1n) is 7.00. The predicted molar refractivity (Wildman–Crippen MR) is 84.4 cm³/mol. The lowest BCUT2D eigenvalue weighted by Crippen LogP contribution is -2.13. The molecule has 1 aromatic rings. The molecule has 9 heteroatoms. The minimum atomic E-state index is -3.81. The van der Waals surface area contributed by atoms with E-state index in [4.69, 9.17) is 0 Å². The number of rotatable bonds is 4. The van der Waals surface area contributed by atoms with Crippen molar-refractivity contribution < 1.29 is 27.7 Å². The molecule has 1 aliphatic rings. The number of ketones is 1. The Morgan fingerprint density at radius 3 is 2.46 bits per heavy atom. The molecule has 8 nitrogen and oxygen atoms in total. The Hall–Kier alpha value is -2.55. The second kappa shape index (κ2) is 6.52. The number of nitro groups is 1. The van der Waals surface area contributed by atoms with E-state index in [-0.39, 0.29) is 27.4 Å². The van der Waals surface area contributed by atoms with Crippen LogP contribution in [-0.2, 0) is 19.4 Å². The average Bonchev–Trinajstić information content (AvgIpc) is 2.51. The van der Waals surface area contributed by atoms with Crippen LogP contribution in [0.3, 0.4) is 0 Å². The molecule has 24 heavy (non-hydrogen) atoms. The van der Waals surface area contributed by atoms with Gasteiger partial charge < -0.3 is 4.74 Å². The molecule has 0 atom stereocenters. The lowest BCUT2D eigenvalue weighted by Gasteiger charge is -2.16. The number of esters is 1. The molecule has 0 heterocycles. The maximum atomic E-state index is 12.1. The van der Waals surface area contributed by atoms with Crippen LogP contribution in [0.25, 0.3) is 5.57 Å². The third-order valence-corrected chi connectivity index (χ3v) is 4.79. The van der Waals surface area contributed by atoms with Gasteiger partial charge in [0.1, 0.15) is 5.56 Å². The molecule has 1 aromatic carbocycles. The largest absolute Gasteiger partial charge is 0.465 e. The summed E-state index contributed by atoms with van der Waals surface area (Å²) in [6, 6.07) is 2.18. The fourth-order valence-electron chi connectivity index (χ4n) is 2.65. The Morgan fingerprint density at radius 2 is 1.96 bits per heavy atom. The van der Waals surface area contributed by atoms with Gasteiger partial charge in [0, 0.05) is 12.7 Å². The SMILES string of the molecule is COC(=O)c1ccc(S(C)(=O)=O)c(C2=CC(=O)CCC2)c1[N+](=O)[O-]. The van der Waals surface area contributed by atoms with Crippen LogP contribution in [0, 0.1) is 10.1 Å². The first kappa shape index (κ1) is 17.8. The predicted octanol–water partition coefficient (Wildman–Crippen LogP) is 1.92. The Bertz CT molecular complexity index is 868. The van der Waals surface area contributed by atoms with Crippen molar-refractivity contribution in [3.63, 3.8) is 0 Å². The van der Waals surface area contributed by atoms with E-state index in [1.54, 1.807) is 0 Å². The minimum Gasteiger partial charge on any atom is -0.465 e. The Morgan fingerprint density at radius 1 is 1.29 bits per heavy atom. The van der Waals surface area contributed by atoms with Crippen LogP contribution in [0.5, 0.6) is 0 Å². The fourth-order valence-corrected chi connectivity index (χ4v) is 3.56. The van der Waals surface area contributed by atoms with E-state index in [0.29, 0.717) is 19.3 Å². The minimum absolute atomic E-state index is 0.210. The van der Waals surface area contributed by atoms with Crippen LogP contribution in [0.15, 0.2) is 23.1 Å². The number of sulfone groups is 1. The summed E-state index contributed by atoms with van der Waals surface area (Å²) in [6.45, 7) is 0. The number of benzene rings is 1. The summed E-state index contributed by atoms with van der Waals surface area (Å²) in [5, 5.41) is 11.6. The zero-order valence-electron chi connectivity index (χ0n) is 13.1. The smallest absolute Gasteiger partial charge is 0.344 e. The maximum absolute atomic E-state index is 12.1. The van der Waals surface area contributed by atoms with E-state index >= 15 is 0 Å². The molecule has 0 fully saturated rings. The highest BCUT2D eigenvalue weighted by Gasteiger charge is 2.33. The van der Waals surface area contributed by atoms with Gasteiger partial charge >= 0.3 is 5.97 Å². The topological polar surface area (TPSA) is 121 Å². The first-order chi connectivity index (χ1) is 11.2. The van der Waals surface area contributed by atoms with E-state index in [9.17, 15) is 28.1 Å². The number of carbonyl (C=O) groups excluding carboxylic acids is 2. The molecule has 0 spiro atoms. The van der Waals surface area contributed by atoms with Crippen LogP contribution in [0.4, 0.5) is 5.69 Å². The molecule has 0 aromatic heterocycles. The fraction of sp³-hybridized carbons (Fsp3) is 0.333. The molecular weight excluding hydrogens is 338 g/mol. The van der Waals surface area contributed by atoms with Gasteiger partial charge in [-0.1, -0.05) is 0 Å². The molecular formula is C15H15NO7S. The molecule has 1 aliphatic carbocycles. The molecule has 2 rings (SSSR count). The van der Waals surface area contributed by atoms with E-state index < -0.39 is 26.4 Å². The van der Waals surface area contributed by atoms with Gasteiger partial charge in [-0.25, -0.2) is 13.2 Å². The summed E-state index contributed by atoms with van der Waals surface area (Å²) in [5.74, 6) is -1.20. The van der Waals surface area contributed by atoms with E-state index in [1.807, 2.05) is 0 Å². The summed E-state index contributed by atoms with van der Waals surface area (Å²) in [5.41, 5.74) is -0.989. The van der Waals surface area contributed by atoms with Gasteiger partial charge in [0.05, 0.1) is 22.5 Å². The second-order valence-corrected chi connectivity index (χ2v) is 7.33. The number of hydrogen-bond acceptors (Lipinski definition) is 7. The van der Waals surface area contributed by atoms with Crippen LogP contribution in [0.2, 0.25) is 0 Å². The number of allylic oxidation sites excluding steroid dienone is 2. The highest BCUT2D eigenvalue weighted by atomic mass is 32.2. The summed E-state index contributed by atoms with van der Waals surface area (Å²) in [7, 11) is -2.75. The number of ether oxygens (including phenoxy) is 1. The molecule has 0 aliphatic heterocycles. The van der Waals surface area contributed by atoms with E-state index in [0.717, 1.165) is 25.5 Å². The van der Waals surface area contributed by atoms with Crippen molar-refractivity contribution in [3.05, 3.63) is 39.4 Å². The lowest BCUT2D eigenvalue weighted by molar-refractivity contribution is -0.385. The Balaban J connectivity index is 2.92. The van der Waals surface area contributed by atoms with Crippen LogP contribution >= 0.6 is 0 Å². The zero-order chi connectivity index (χ0) is 18.1. The number of nitrogens with zero attached hydrogens (tertiary/aromatic N) is 1. The van der Waals surface area contributed by atoms with Crippen molar-refractivity contribution in [1.29, 1.82) is 0 Å². The first-order valence-corrected chi connectivity index (χ1v) is 8.89. The van der Waals surface area contributed by atoms with Crippen molar-refractivity contribution in [1.82, 2.24) is 0 Å². The molecule has 0 N–H and O–H groups in total. The molecule has 0 amide bonds. The standard InChI is InChI=1S/C15H15NO7S/c1-23-15(18)11-6-7-12(24(2,21)22)13(14(11)16(19)20)9-4-3-5-10(17)8-9/h6-8H,3-5H2,1-2H3. The maximum Gasteiger partial charge on any atom is 0.344 e. The summed E-state index contributed by atoms with van der Waals surface area (Å²) >= 11 is 0. The Kier molecular flexibility index (Phi) is 4.83. The van der Waals surface area contributed by atoms with E-state index in [1.165, 1.54) is 6.08 Å². The lowest BCUT2D eigenvalue weighted by atomic mass is 9.90. The van der Waals surface area contributed by atoms with Gasteiger partial charge in [-0.05, 0) is 36.6 Å². The Labute approximate surface area is 138 Å². The number of hydrogen-bond donors (Lipinski definition) is 0. The average molecular weight is 353 g/mol. The molecule has 0 radical (unpaired) electrons. The van der Waals surface area contributed by atoms with Crippen LogP contribution in [-0.4, -0.2) is 38.5 Å². The number of carbonyl (C=O) groups is 2. The monoisotopic (exact) mass is 353 g/mol. The third kappa shape index (κ3) is 3.35. The zero-order valence-corrected chi connectivity index (χ0v) is 13.9. The van der Waals surface area contributed by atoms with Crippen LogP contribution in [0.1, 0.15) is 35.2 Å². The molecule has 128 valence electrons. The second-order valence-electron chi connectivity index (χ2n) is 5.35. The highest BCUT2D eigenvalue weighted by Crippen LogP contribution is 2.39. The van der Waals surface area contributed by atoms with Gasteiger partial charge in [0.2, 0.25) is 0 Å². The number of methoxy groups -OCH3 is 1. The molecule has 0 saturated carbocycles.